The van der Waals surface area contributed by atoms with Gasteiger partial charge in [-0.3, -0.25) is 38.7 Å². The Kier molecular flexibility index (Phi) is 13.4. The lowest BCUT2D eigenvalue weighted by atomic mass is 10.0. The molecule has 8 bridgehead atoms. The first kappa shape index (κ1) is 54.7. The molecule has 9 aromatic rings. The second-order valence-corrected chi connectivity index (χ2v) is 22.9. The Bertz CT molecular complexity index is 4410. The van der Waals surface area contributed by atoms with Crippen molar-refractivity contribution >= 4 is 46.4 Å². The van der Waals surface area contributed by atoms with Gasteiger partial charge in [0.05, 0.1) is 22.8 Å². The van der Waals surface area contributed by atoms with Crippen LogP contribution in [-0.2, 0) is 28.4 Å². The number of hydrogen-bond donors (Lipinski definition) is 4. The molecule has 7 aromatic heterocycles. The summed E-state index contributed by atoms with van der Waals surface area (Å²) >= 11 is 0. The van der Waals surface area contributed by atoms with Crippen LogP contribution in [0.25, 0.3) is 90.9 Å². The molecule has 0 unspecified atom stereocenters. The van der Waals surface area contributed by atoms with E-state index in [4.69, 9.17) is 47.9 Å². The SMILES string of the molecule is CC1(C)O[C@@H]2[C@H](O1)[C@@H](COc1ccc(-c3c4nc(c(-c5ccc(OC[C@H]6O[C@@H](n7ccc(=O)[nH]c7=O)[C@@H]7OC(C)(C)O[C@@H]76)cc5)c5ccc([nH]5)c(-c5ccncc5)c5nc(c(-c6ccncc6)c6ccc3[nH]6)C=C5)C=C4)cc1)O[C@H]2n1ccc(=O)[nH]c1=O. The van der Waals surface area contributed by atoms with E-state index in [1.807, 2.05) is 97.1 Å². The van der Waals surface area contributed by atoms with Gasteiger partial charge in [0, 0.05) is 93.6 Å². The van der Waals surface area contributed by atoms with Crippen LogP contribution >= 0.6 is 0 Å². The van der Waals surface area contributed by atoms with Gasteiger partial charge in [0.2, 0.25) is 0 Å². The Morgan fingerprint density at radius 2 is 0.750 bits per heavy atom. The number of aromatic nitrogens is 10. The fourth-order valence-electron chi connectivity index (χ4n) is 12.5. The molecule has 0 saturated carbocycles. The predicted molar refractivity (Wildman–Crippen MR) is 325 cm³/mol. The van der Waals surface area contributed by atoms with Crippen molar-refractivity contribution in [2.24, 2.45) is 0 Å². The van der Waals surface area contributed by atoms with Crippen LogP contribution < -0.4 is 32.0 Å². The lowest BCUT2D eigenvalue weighted by Gasteiger charge is -2.24. The van der Waals surface area contributed by atoms with Gasteiger partial charge in [-0.25, -0.2) is 19.6 Å². The van der Waals surface area contributed by atoms with Crippen LogP contribution in [0.4, 0.5) is 0 Å². The largest absolute Gasteiger partial charge is 0.491 e. The summed E-state index contributed by atoms with van der Waals surface area (Å²) in [5.74, 6) is -0.797. The Morgan fingerprint density at radius 1 is 0.420 bits per heavy atom. The first-order valence-electron chi connectivity index (χ1n) is 28.7. The number of aromatic amines is 4. The number of pyridine rings is 2. The van der Waals surface area contributed by atoms with Crippen molar-refractivity contribution in [1.29, 1.82) is 0 Å². The molecule has 2 aromatic carbocycles. The minimum atomic E-state index is -0.954. The molecular formula is C66H56N10O12. The average molecular weight is 1180 g/mol. The van der Waals surface area contributed by atoms with E-state index in [2.05, 4.69) is 54.2 Å². The van der Waals surface area contributed by atoms with E-state index in [1.54, 1.807) is 52.5 Å². The van der Waals surface area contributed by atoms with Crippen LogP contribution in [0, 0.1) is 0 Å². The van der Waals surface area contributed by atoms with Crippen LogP contribution in [0.3, 0.4) is 0 Å². The maximum absolute atomic E-state index is 12.9. The van der Waals surface area contributed by atoms with Crippen LogP contribution in [0.2, 0.25) is 0 Å². The third-order valence-electron chi connectivity index (χ3n) is 16.3. The lowest BCUT2D eigenvalue weighted by Crippen LogP contribution is -2.37. The molecule has 22 heteroatoms. The van der Waals surface area contributed by atoms with Crippen molar-refractivity contribution in [2.45, 2.75) is 88.3 Å². The fourth-order valence-corrected chi connectivity index (χ4v) is 12.5. The normalized spacial score (nSPS) is 22.9. The van der Waals surface area contributed by atoms with Crippen molar-refractivity contribution in [1.82, 2.24) is 49.0 Å². The zero-order valence-electron chi connectivity index (χ0n) is 47.8. The smallest absolute Gasteiger partial charge is 0.330 e. The molecular weight excluding hydrogens is 1120 g/mol. The predicted octanol–water partition coefficient (Wildman–Crippen LogP) is 8.81. The number of ether oxygens (including phenoxy) is 8. The standard InChI is InChI=1S/C66H56N10O12/c1-65(2)85-57-49(83-61(59(57)87-65)75-31-25-51(77)73-63(75)79)33-81-39-9-5-35(6-10-39)53-41-13-14-42(69-41)54(36-7-11-40(12-8-36)82-34-50-58-60(88-66(3,4)86-58)62(84-50)76-32-26-52(78)74-64(76)80)44-16-18-46(71-44)56(38-23-29-68-30-24-38)48-20-19-47(72-48)55(37-21-27-67-28-22-37)45-17-15-43(53)70-45/h5-32,49-50,57-62,70-71H,33-34H2,1-4H3,(H,73,77,79)(H,74,78,80)/t49-,50-,57-,58-,59-,60-,61-,62-/m1/s1. The number of H-pyrrole nitrogens is 4. The fraction of sp³-hybridized carbons (Fsp3) is 0.242. The second-order valence-electron chi connectivity index (χ2n) is 22.9. The van der Waals surface area contributed by atoms with Crippen molar-refractivity contribution in [3.63, 3.8) is 0 Å². The lowest BCUT2D eigenvalue weighted by molar-refractivity contribution is -0.200. The quantitative estimate of drug-likeness (QED) is 0.0890. The van der Waals surface area contributed by atoms with Crippen LogP contribution in [0.1, 0.15) is 62.9 Å². The highest BCUT2D eigenvalue weighted by molar-refractivity contribution is 5.99. The van der Waals surface area contributed by atoms with Gasteiger partial charge >= 0.3 is 11.4 Å². The number of fused-ring (bicyclic) bond motifs is 10. The Balaban J connectivity index is 0.821. The Hall–Kier alpha value is -9.94. The number of benzene rings is 2. The molecule has 22 nitrogen and oxygen atoms in total. The van der Waals surface area contributed by atoms with E-state index in [-0.39, 0.29) is 13.2 Å². The number of nitrogens with one attached hydrogen (secondary N) is 4. The zero-order chi connectivity index (χ0) is 60.0. The van der Waals surface area contributed by atoms with E-state index in [9.17, 15) is 19.2 Å². The minimum absolute atomic E-state index is 0.0695. The summed E-state index contributed by atoms with van der Waals surface area (Å²) < 4.78 is 53.4. The summed E-state index contributed by atoms with van der Waals surface area (Å²) in [4.78, 5) is 81.6. The summed E-state index contributed by atoms with van der Waals surface area (Å²) in [6.45, 7) is 7.35. The van der Waals surface area contributed by atoms with E-state index < -0.39 is 83.2 Å². The molecule has 8 atom stereocenters. The molecule has 4 saturated heterocycles. The molecule has 0 radical (unpaired) electrons. The Labute approximate surface area is 499 Å². The maximum Gasteiger partial charge on any atom is 0.330 e. The van der Waals surface area contributed by atoms with Gasteiger partial charge in [-0.05, 0) is 147 Å². The van der Waals surface area contributed by atoms with Gasteiger partial charge in [0.1, 0.15) is 61.3 Å². The molecule has 15 rings (SSSR count). The van der Waals surface area contributed by atoms with E-state index in [1.165, 1.54) is 33.7 Å². The third kappa shape index (κ3) is 10.1. The highest BCUT2D eigenvalue weighted by atomic mass is 16.8. The van der Waals surface area contributed by atoms with Gasteiger partial charge in [-0.15, -0.1) is 0 Å². The van der Waals surface area contributed by atoms with Crippen LogP contribution in [0.15, 0.2) is 166 Å². The van der Waals surface area contributed by atoms with Crippen LogP contribution in [0.5, 0.6) is 11.5 Å². The van der Waals surface area contributed by atoms with Gasteiger partial charge in [0.25, 0.3) is 11.1 Å². The summed E-state index contributed by atoms with van der Waals surface area (Å²) in [7, 11) is 0. The summed E-state index contributed by atoms with van der Waals surface area (Å²) in [6.07, 6.45) is 12.5. The average Bonchev–Trinajstić information content (AvgIpc) is 1.96. The third-order valence-corrected chi connectivity index (χ3v) is 16.3. The minimum Gasteiger partial charge on any atom is -0.491 e. The summed E-state index contributed by atoms with van der Waals surface area (Å²) in [6, 6.07) is 34.2. The molecule has 0 amide bonds. The Morgan fingerprint density at radius 3 is 1.09 bits per heavy atom. The van der Waals surface area contributed by atoms with Gasteiger partial charge in [-0.2, -0.15) is 0 Å². The van der Waals surface area contributed by atoms with Crippen molar-refractivity contribution < 1.29 is 37.9 Å². The molecule has 88 heavy (non-hydrogen) atoms. The maximum atomic E-state index is 12.9. The van der Waals surface area contributed by atoms with Gasteiger partial charge in [-0.1, -0.05) is 24.3 Å². The first-order valence-corrected chi connectivity index (χ1v) is 28.7. The molecule has 0 aliphatic carbocycles. The number of nitrogens with zero attached hydrogens (tertiary/aromatic N) is 6. The number of rotatable bonds is 12. The van der Waals surface area contributed by atoms with E-state index in [0.29, 0.717) is 22.9 Å². The molecule has 442 valence electrons. The monoisotopic (exact) mass is 1180 g/mol. The molecule has 4 fully saturated rings. The zero-order valence-corrected chi connectivity index (χ0v) is 47.8. The van der Waals surface area contributed by atoms with Crippen molar-refractivity contribution in [2.75, 3.05) is 13.2 Å². The first-order chi connectivity index (χ1) is 42.7. The highest BCUT2D eigenvalue weighted by Crippen LogP contribution is 2.45. The van der Waals surface area contributed by atoms with Crippen molar-refractivity contribution in [3.05, 3.63) is 211 Å². The summed E-state index contributed by atoms with van der Waals surface area (Å²) in [5, 5.41) is 0. The topological polar surface area (TPSA) is 267 Å². The molecule has 13 heterocycles. The van der Waals surface area contributed by atoms with E-state index >= 15 is 0 Å². The van der Waals surface area contributed by atoms with Gasteiger partial charge in [0.15, 0.2) is 24.0 Å². The number of hydrogen-bond acceptors (Lipinski definition) is 16. The summed E-state index contributed by atoms with van der Waals surface area (Å²) in [5.41, 5.74) is 10.7. The molecule has 4 N–H and O–H groups in total. The van der Waals surface area contributed by atoms with Crippen LogP contribution in [-0.4, -0.2) is 110 Å². The second kappa shape index (κ2) is 21.5. The van der Waals surface area contributed by atoms with Gasteiger partial charge < -0.3 is 47.9 Å². The molecule has 6 aliphatic heterocycles. The highest BCUT2D eigenvalue weighted by Gasteiger charge is 2.57. The van der Waals surface area contributed by atoms with Crippen molar-refractivity contribution in [3.8, 4) is 56.0 Å². The van der Waals surface area contributed by atoms with E-state index in [0.717, 1.165) is 78.0 Å². The molecule has 0 spiro atoms. The molecule has 6 aliphatic rings.